The average molecular weight is 433 g/mol. The van der Waals surface area contributed by atoms with Crippen molar-refractivity contribution in [3.05, 3.63) is 58.1 Å². The Bertz CT molecular complexity index is 1070. The Morgan fingerprint density at radius 3 is 2.73 bits per heavy atom. The largest absolute Gasteiger partial charge is 0.495 e. The zero-order valence-corrected chi connectivity index (χ0v) is 17.5. The Hall–Kier alpha value is -2.98. The van der Waals surface area contributed by atoms with Gasteiger partial charge >= 0.3 is 0 Å². The van der Waals surface area contributed by atoms with Crippen molar-refractivity contribution >= 4 is 27.3 Å². The van der Waals surface area contributed by atoms with Gasteiger partial charge in [-0.1, -0.05) is 12.1 Å². The number of ether oxygens (including phenoxy) is 1. The van der Waals surface area contributed by atoms with Crippen molar-refractivity contribution in [2.75, 3.05) is 25.5 Å². The van der Waals surface area contributed by atoms with E-state index in [2.05, 4.69) is 5.32 Å². The number of amides is 1. The van der Waals surface area contributed by atoms with Gasteiger partial charge in [0.25, 0.3) is 5.69 Å². The smallest absolute Gasteiger partial charge is 0.271 e. The van der Waals surface area contributed by atoms with Crippen LogP contribution in [0.3, 0.4) is 0 Å². The van der Waals surface area contributed by atoms with Gasteiger partial charge in [-0.2, -0.15) is 4.31 Å². The van der Waals surface area contributed by atoms with E-state index in [1.165, 1.54) is 29.6 Å². The Balaban J connectivity index is 1.78. The number of hydrogen-bond acceptors (Lipinski definition) is 6. The van der Waals surface area contributed by atoms with Crippen LogP contribution in [0.15, 0.2) is 47.4 Å². The molecule has 1 aliphatic heterocycles. The maximum atomic E-state index is 13.2. The van der Waals surface area contributed by atoms with Gasteiger partial charge in [-0.25, -0.2) is 8.42 Å². The van der Waals surface area contributed by atoms with Gasteiger partial charge in [0.15, 0.2) is 0 Å². The molecule has 30 heavy (non-hydrogen) atoms. The lowest BCUT2D eigenvalue weighted by Crippen LogP contribution is -2.43. The summed E-state index contributed by atoms with van der Waals surface area (Å²) < 4.78 is 32.9. The summed E-state index contributed by atoms with van der Waals surface area (Å²) in [4.78, 5) is 23.2. The highest BCUT2D eigenvalue weighted by Crippen LogP contribution is 2.31. The summed E-state index contributed by atoms with van der Waals surface area (Å²) in [6.07, 6.45) is 1.05. The quantitative estimate of drug-likeness (QED) is 0.553. The minimum atomic E-state index is -3.85. The number of methoxy groups -OCH3 is 1. The number of nitrogens with one attached hydrogen (secondary N) is 1. The van der Waals surface area contributed by atoms with Crippen LogP contribution in [0.2, 0.25) is 0 Å². The van der Waals surface area contributed by atoms with Gasteiger partial charge in [-0.15, -0.1) is 0 Å². The number of carbonyl (C=O) groups is 1. The molecule has 1 heterocycles. The molecule has 2 aromatic rings. The molecule has 1 unspecified atom stereocenters. The molecule has 0 radical (unpaired) electrons. The number of benzene rings is 2. The molecule has 1 fully saturated rings. The van der Waals surface area contributed by atoms with Gasteiger partial charge < -0.3 is 10.1 Å². The molecule has 3 rings (SSSR count). The third kappa shape index (κ3) is 4.60. The van der Waals surface area contributed by atoms with Crippen LogP contribution < -0.4 is 10.1 Å². The summed E-state index contributed by atoms with van der Waals surface area (Å²) in [5, 5.41) is 13.6. The predicted molar refractivity (Wildman–Crippen MR) is 111 cm³/mol. The number of anilines is 1. The Morgan fingerprint density at radius 2 is 2.03 bits per heavy atom. The van der Waals surface area contributed by atoms with E-state index in [1.54, 1.807) is 31.2 Å². The minimum absolute atomic E-state index is 0.0280. The molecule has 9 nitrogen and oxygen atoms in total. The monoisotopic (exact) mass is 433 g/mol. The highest BCUT2D eigenvalue weighted by atomic mass is 32.2. The first-order valence-corrected chi connectivity index (χ1v) is 10.9. The zero-order chi connectivity index (χ0) is 21.9. The van der Waals surface area contributed by atoms with Gasteiger partial charge in [0, 0.05) is 30.9 Å². The number of sulfonamides is 1. The summed E-state index contributed by atoms with van der Waals surface area (Å²) in [5.41, 5.74) is 0.952. The fraction of sp³-hybridized carbons (Fsp3) is 0.350. The van der Waals surface area contributed by atoms with Crippen LogP contribution in [0.1, 0.15) is 18.4 Å². The molecule has 160 valence electrons. The van der Waals surface area contributed by atoms with Gasteiger partial charge in [0.2, 0.25) is 15.9 Å². The minimum Gasteiger partial charge on any atom is -0.495 e. The van der Waals surface area contributed by atoms with Crippen molar-refractivity contribution in [3.63, 3.8) is 0 Å². The van der Waals surface area contributed by atoms with E-state index in [0.29, 0.717) is 25.1 Å². The molecule has 0 spiro atoms. The topological polar surface area (TPSA) is 119 Å². The Kier molecular flexibility index (Phi) is 6.37. The molecular weight excluding hydrogens is 410 g/mol. The van der Waals surface area contributed by atoms with Gasteiger partial charge in [-0.3, -0.25) is 14.9 Å². The average Bonchev–Trinajstić information content (AvgIpc) is 2.74. The van der Waals surface area contributed by atoms with Crippen molar-refractivity contribution in [1.29, 1.82) is 0 Å². The SMILES string of the molecule is COc1ccc(C)cc1S(=O)(=O)N1CCCC(C(=O)Nc2cccc([N+](=O)[O-])c2)C1. The van der Waals surface area contributed by atoms with Gasteiger partial charge in [0.1, 0.15) is 10.6 Å². The molecule has 0 bridgehead atoms. The molecule has 0 aliphatic carbocycles. The zero-order valence-electron chi connectivity index (χ0n) is 16.7. The summed E-state index contributed by atoms with van der Waals surface area (Å²) >= 11 is 0. The van der Waals surface area contributed by atoms with Gasteiger partial charge in [-0.05, 0) is 43.5 Å². The van der Waals surface area contributed by atoms with E-state index in [4.69, 9.17) is 4.74 Å². The molecule has 0 aromatic heterocycles. The number of carbonyl (C=O) groups excluding carboxylic acids is 1. The first-order chi connectivity index (χ1) is 14.2. The maximum absolute atomic E-state index is 13.2. The second kappa shape index (κ2) is 8.80. The standard InChI is InChI=1S/C20H23N3O6S/c1-14-8-9-18(29-2)19(11-14)30(27,28)22-10-4-5-15(13-22)20(24)21-16-6-3-7-17(12-16)23(25)26/h3,6-9,11-12,15H,4-5,10,13H2,1-2H3,(H,21,24). The number of hydrogen-bond donors (Lipinski definition) is 1. The summed E-state index contributed by atoms with van der Waals surface area (Å²) in [6.45, 7) is 2.13. The lowest BCUT2D eigenvalue weighted by Gasteiger charge is -2.31. The second-order valence-electron chi connectivity index (χ2n) is 7.15. The number of aryl methyl sites for hydroxylation is 1. The maximum Gasteiger partial charge on any atom is 0.271 e. The Morgan fingerprint density at radius 1 is 1.27 bits per heavy atom. The molecule has 0 saturated carbocycles. The van der Waals surface area contributed by atoms with Crippen LogP contribution in [0.25, 0.3) is 0 Å². The fourth-order valence-electron chi connectivity index (χ4n) is 3.44. The molecule has 1 saturated heterocycles. The Labute approximate surface area is 174 Å². The van der Waals surface area contributed by atoms with E-state index in [1.807, 2.05) is 0 Å². The normalized spacial score (nSPS) is 17.3. The molecule has 1 N–H and O–H groups in total. The first kappa shape index (κ1) is 21.7. The van der Waals surface area contributed by atoms with Crippen molar-refractivity contribution in [1.82, 2.24) is 4.31 Å². The van der Waals surface area contributed by atoms with Crippen molar-refractivity contribution in [3.8, 4) is 5.75 Å². The van der Waals surface area contributed by atoms with E-state index >= 15 is 0 Å². The van der Waals surface area contributed by atoms with Gasteiger partial charge in [0.05, 0.1) is 18.0 Å². The lowest BCUT2D eigenvalue weighted by atomic mass is 9.98. The number of rotatable bonds is 6. The summed E-state index contributed by atoms with van der Waals surface area (Å²) in [6, 6.07) is 10.6. The molecule has 1 atom stereocenters. The molecule has 1 aliphatic rings. The van der Waals surface area contributed by atoms with Crippen molar-refractivity contribution in [2.24, 2.45) is 5.92 Å². The van der Waals surface area contributed by atoms with Crippen LogP contribution in [-0.4, -0.2) is 43.8 Å². The third-order valence-corrected chi connectivity index (χ3v) is 6.90. The van der Waals surface area contributed by atoms with E-state index in [9.17, 15) is 23.3 Å². The molecule has 10 heteroatoms. The number of nitro benzene ring substituents is 1. The molecule has 1 amide bonds. The van der Waals surface area contributed by atoms with E-state index in [0.717, 1.165) is 5.56 Å². The highest BCUT2D eigenvalue weighted by Gasteiger charge is 2.35. The van der Waals surface area contributed by atoms with E-state index < -0.39 is 20.9 Å². The van der Waals surface area contributed by atoms with Crippen LogP contribution in [0.4, 0.5) is 11.4 Å². The summed E-state index contributed by atoms with van der Waals surface area (Å²) in [7, 11) is -2.43. The van der Waals surface area contributed by atoms with Crippen LogP contribution in [0, 0.1) is 23.0 Å². The summed E-state index contributed by atoms with van der Waals surface area (Å²) in [5.74, 6) is -0.682. The molecular formula is C20H23N3O6S. The lowest BCUT2D eigenvalue weighted by molar-refractivity contribution is -0.384. The van der Waals surface area contributed by atoms with Crippen LogP contribution in [0.5, 0.6) is 5.75 Å². The van der Waals surface area contributed by atoms with Crippen LogP contribution >= 0.6 is 0 Å². The molecule has 2 aromatic carbocycles. The van der Waals surface area contributed by atoms with Crippen molar-refractivity contribution < 1.29 is 22.9 Å². The second-order valence-corrected chi connectivity index (χ2v) is 9.06. The fourth-order valence-corrected chi connectivity index (χ4v) is 5.21. The number of non-ortho nitro benzene ring substituents is 1. The number of nitrogens with zero attached hydrogens (tertiary/aromatic N) is 2. The number of nitro groups is 1. The first-order valence-electron chi connectivity index (χ1n) is 9.42. The number of piperidine rings is 1. The van der Waals surface area contributed by atoms with E-state index in [-0.39, 0.29) is 28.8 Å². The van der Waals surface area contributed by atoms with Crippen molar-refractivity contribution in [2.45, 2.75) is 24.7 Å². The predicted octanol–water partition coefficient (Wildman–Crippen LogP) is 2.95. The highest BCUT2D eigenvalue weighted by molar-refractivity contribution is 7.89. The third-order valence-electron chi connectivity index (χ3n) is 5.02. The van der Waals surface area contributed by atoms with Crippen LogP contribution in [-0.2, 0) is 14.8 Å².